The monoisotopic (exact) mass is 222 g/mol. The van der Waals surface area contributed by atoms with Gasteiger partial charge in [0.15, 0.2) is 0 Å². The lowest BCUT2D eigenvalue weighted by Gasteiger charge is -2.16. The van der Waals surface area contributed by atoms with Gasteiger partial charge in [-0.05, 0) is 31.6 Å². The Bertz CT molecular complexity index is 284. The van der Waals surface area contributed by atoms with Gasteiger partial charge in [0.2, 0.25) is 0 Å². The third-order valence-electron chi connectivity index (χ3n) is 2.57. The van der Waals surface area contributed by atoms with Crippen LogP contribution in [0.5, 0.6) is 0 Å². The van der Waals surface area contributed by atoms with Gasteiger partial charge in [0.1, 0.15) is 5.82 Å². The Hall–Kier alpha value is -1.13. The highest BCUT2D eigenvalue weighted by Gasteiger charge is 2.00. The molecule has 4 heteroatoms. The van der Waals surface area contributed by atoms with E-state index in [0.29, 0.717) is 5.82 Å². The number of hydrazine groups is 1. The molecule has 0 spiro atoms. The first-order valence-corrected chi connectivity index (χ1v) is 5.86. The molecule has 0 atom stereocenters. The summed E-state index contributed by atoms with van der Waals surface area (Å²) in [5.41, 5.74) is 3.75. The zero-order chi connectivity index (χ0) is 11.8. The van der Waals surface area contributed by atoms with E-state index in [4.69, 9.17) is 5.84 Å². The third kappa shape index (κ3) is 4.59. The van der Waals surface area contributed by atoms with Crippen LogP contribution in [0.1, 0.15) is 31.7 Å². The molecular formula is C12H22N4. The van der Waals surface area contributed by atoms with Crippen LogP contribution < -0.4 is 11.3 Å². The summed E-state index contributed by atoms with van der Waals surface area (Å²) < 4.78 is 0. The molecule has 0 aliphatic carbocycles. The Morgan fingerprint density at radius 3 is 2.75 bits per heavy atom. The molecule has 0 aliphatic rings. The number of pyridine rings is 1. The minimum atomic E-state index is 0.706. The first-order valence-electron chi connectivity index (χ1n) is 5.86. The minimum absolute atomic E-state index is 0.706. The number of aromatic nitrogens is 1. The predicted octanol–water partition coefficient (Wildman–Crippen LogP) is 1.99. The number of rotatable bonds is 7. The first-order chi connectivity index (χ1) is 7.76. The second-order valence-electron chi connectivity index (χ2n) is 4.14. The van der Waals surface area contributed by atoms with Crippen LogP contribution in [0, 0.1) is 0 Å². The van der Waals surface area contributed by atoms with Crippen molar-refractivity contribution in [3.63, 3.8) is 0 Å². The molecule has 1 heterocycles. The largest absolute Gasteiger partial charge is 0.308 e. The van der Waals surface area contributed by atoms with Crippen LogP contribution in [0.3, 0.4) is 0 Å². The molecular weight excluding hydrogens is 200 g/mol. The van der Waals surface area contributed by atoms with Crippen molar-refractivity contribution in [3.8, 4) is 0 Å². The summed E-state index contributed by atoms with van der Waals surface area (Å²) >= 11 is 0. The average molecular weight is 222 g/mol. The molecule has 0 aromatic carbocycles. The van der Waals surface area contributed by atoms with E-state index in [0.717, 1.165) is 13.1 Å². The molecule has 0 saturated heterocycles. The summed E-state index contributed by atoms with van der Waals surface area (Å²) in [4.78, 5) is 6.51. The van der Waals surface area contributed by atoms with Gasteiger partial charge in [-0.1, -0.05) is 25.8 Å². The molecule has 1 rings (SSSR count). The maximum absolute atomic E-state index is 5.26. The molecule has 16 heavy (non-hydrogen) atoms. The van der Waals surface area contributed by atoms with Gasteiger partial charge >= 0.3 is 0 Å². The van der Waals surface area contributed by atoms with Crippen LogP contribution in [0.15, 0.2) is 18.3 Å². The number of hydrogen-bond donors (Lipinski definition) is 2. The molecule has 1 aromatic rings. The van der Waals surface area contributed by atoms with Gasteiger partial charge in [0, 0.05) is 12.7 Å². The van der Waals surface area contributed by atoms with Crippen molar-refractivity contribution < 1.29 is 0 Å². The maximum Gasteiger partial charge on any atom is 0.139 e. The van der Waals surface area contributed by atoms with Crippen LogP contribution in [-0.2, 0) is 6.54 Å². The summed E-state index contributed by atoms with van der Waals surface area (Å²) in [6.45, 7) is 4.31. The molecule has 4 nitrogen and oxygen atoms in total. The molecule has 0 radical (unpaired) electrons. The maximum atomic E-state index is 5.26. The van der Waals surface area contributed by atoms with E-state index in [9.17, 15) is 0 Å². The van der Waals surface area contributed by atoms with E-state index in [-0.39, 0.29) is 0 Å². The summed E-state index contributed by atoms with van der Waals surface area (Å²) in [5, 5.41) is 0. The van der Waals surface area contributed by atoms with Crippen molar-refractivity contribution in [1.82, 2.24) is 9.88 Å². The van der Waals surface area contributed by atoms with Crippen molar-refractivity contribution in [1.29, 1.82) is 0 Å². The molecule has 0 fully saturated rings. The fraction of sp³-hybridized carbons (Fsp3) is 0.583. The lowest BCUT2D eigenvalue weighted by atomic mass is 10.2. The summed E-state index contributed by atoms with van der Waals surface area (Å²) in [6.07, 6.45) is 5.71. The highest BCUT2D eigenvalue weighted by atomic mass is 15.2. The van der Waals surface area contributed by atoms with Gasteiger partial charge < -0.3 is 10.3 Å². The summed E-state index contributed by atoms with van der Waals surface area (Å²) in [6, 6.07) is 3.95. The van der Waals surface area contributed by atoms with Crippen molar-refractivity contribution in [2.24, 2.45) is 5.84 Å². The predicted molar refractivity (Wildman–Crippen MR) is 67.9 cm³/mol. The Labute approximate surface area is 97.8 Å². The number of nitrogens with two attached hydrogens (primary N) is 1. The number of nitrogens with zero attached hydrogens (tertiary/aromatic N) is 2. The third-order valence-corrected chi connectivity index (χ3v) is 2.57. The van der Waals surface area contributed by atoms with Gasteiger partial charge in [-0.25, -0.2) is 10.8 Å². The van der Waals surface area contributed by atoms with Crippen LogP contribution in [0.2, 0.25) is 0 Å². The molecule has 0 saturated carbocycles. The van der Waals surface area contributed by atoms with Gasteiger partial charge in [-0.3, -0.25) is 0 Å². The number of hydrogen-bond acceptors (Lipinski definition) is 4. The van der Waals surface area contributed by atoms with Crippen molar-refractivity contribution >= 4 is 5.82 Å². The van der Waals surface area contributed by atoms with Crippen LogP contribution in [0.4, 0.5) is 5.82 Å². The zero-order valence-electron chi connectivity index (χ0n) is 10.2. The quantitative estimate of drug-likeness (QED) is 0.421. The van der Waals surface area contributed by atoms with E-state index in [1.165, 1.54) is 24.8 Å². The number of nitrogen functional groups attached to an aromatic ring is 1. The van der Waals surface area contributed by atoms with E-state index >= 15 is 0 Å². The Kier molecular flexibility index (Phi) is 5.82. The van der Waals surface area contributed by atoms with Crippen molar-refractivity contribution in [2.45, 2.75) is 32.7 Å². The molecule has 0 aliphatic heterocycles. The number of unbranched alkanes of at least 4 members (excludes halogenated alkanes) is 2. The highest BCUT2D eigenvalue weighted by Crippen LogP contribution is 2.06. The second kappa shape index (κ2) is 7.19. The van der Waals surface area contributed by atoms with Gasteiger partial charge in [0.05, 0.1) is 0 Å². The smallest absolute Gasteiger partial charge is 0.139 e. The van der Waals surface area contributed by atoms with E-state index in [1.807, 2.05) is 12.3 Å². The molecule has 90 valence electrons. The van der Waals surface area contributed by atoms with E-state index in [2.05, 4.69) is 35.3 Å². The molecule has 1 aromatic heterocycles. The lowest BCUT2D eigenvalue weighted by molar-refractivity contribution is 0.318. The topological polar surface area (TPSA) is 54.2 Å². The molecule has 0 bridgehead atoms. The van der Waals surface area contributed by atoms with Crippen LogP contribution in [0.25, 0.3) is 0 Å². The van der Waals surface area contributed by atoms with E-state index < -0.39 is 0 Å². The average Bonchev–Trinajstić information content (AvgIpc) is 2.30. The minimum Gasteiger partial charge on any atom is -0.308 e. The molecule has 3 N–H and O–H groups in total. The highest BCUT2D eigenvalue weighted by molar-refractivity contribution is 5.33. The van der Waals surface area contributed by atoms with Crippen molar-refractivity contribution in [3.05, 3.63) is 23.9 Å². The van der Waals surface area contributed by atoms with Crippen molar-refractivity contribution in [2.75, 3.05) is 19.0 Å². The zero-order valence-corrected chi connectivity index (χ0v) is 10.2. The normalized spacial score (nSPS) is 10.8. The fourth-order valence-corrected chi connectivity index (χ4v) is 1.63. The Morgan fingerprint density at radius 2 is 2.19 bits per heavy atom. The molecule has 0 amide bonds. The van der Waals surface area contributed by atoms with Gasteiger partial charge in [0.25, 0.3) is 0 Å². The standard InChI is InChI=1S/C12H22N4/c1-3-4-5-8-16(2)10-11-6-7-12(15-13)14-9-11/h6-7,9H,3-5,8,10,13H2,1-2H3,(H,14,15). The van der Waals surface area contributed by atoms with E-state index in [1.54, 1.807) is 0 Å². The number of anilines is 1. The fourth-order valence-electron chi connectivity index (χ4n) is 1.63. The number of nitrogens with one attached hydrogen (secondary N) is 1. The Balaban J connectivity index is 2.34. The SMILES string of the molecule is CCCCCN(C)Cc1ccc(NN)nc1. The van der Waals surface area contributed by atoms with Crippen LogP contribution in [-0.4, -0.2) is 23.5 Å². The summed E-state index contributed by atoms with van der Waals surface area (Å²) in [5.74, 6) is 5.97. The van der Waals surface area contributed by atoms with Gasteiger partial charge in [-0.2, -0.15) is 0 Å². The Morgan fingerprint density at radius 1 is 1.38 bits per heavy atom. The van der Waals surface area contributed by atoms with Crippen LogP contribution >= 0.6 is 0 Å². The molecule has 0 unspecified atom stereocenters. The first kappa shape index (κ1) is 12.9. The van der Waals surface area contributed by atoms with Gasteiger partial charge in [-0.15, -0.1) is 0 Å². The summed E-state index contributed by atoms with van der Waals surface area (Å²) in [7, 11) is 2.14. The second-order valence-corrected chi connectivity index (χ2v) is 4.14. The lowest BCUT2D eigenvalue weighted by Crippen LogP contribution is -2.19.